The van der Waals surface area contributed by atoms with Crippen LogP contribution in [0.5, 0.6) is 5.75 Å². The van der Waals surface area contributed by atoms with Gasteiger partial charge < -0.3 is 9.57 Å². The van der Waals surface area contributed by atoms with Gasteiger partial charge in [0.1, 0.15) is 11.4 Å². The second kappa shape index (κ2) is 6.01. The highest BCUT2D eigenvalue weighted by atomic mass is 16.7. The molecule has 2 amide bonds. The zero-order valence-electron chi connectivity index (χ0n) is 14.0. The number of rotatable bonds is 3. The monoisotopic (exact) mass is 340 g/mol. The number of fused-ring (bicyclic) bond motifs is 1. The van der Waals surface area contributed by atoms with Gasteiger partial charge in [0.25, 0.3) is 11.8 Å². The number of ether oxygens (including phenoxy) is 1. The molecule has 0 aliphatic carbocycles. The average Bonchev–Trinajstić information content (AvgIpc) is 2.79. The number of hydrogen-bond acceptors (Lipinski definition) is 6. The van der Waals surface area contributed by atoms with E-state index in [4.69, 9.17) is 9.57 Å². The molecule has 0 atom stereocenters. The van der Waals surface area contributed by atoms with Crippen molar-refractivity contribution in [2.75, 3.05) is 0 Å². The Labute approximate surface area is 144 Å². The van der Waals surface area contributed by atoms with E-state index in [1.807, 2.05) is 20.8 Å². The predicted octanol–water partition coefficient (Wildman–Crippen LogP) is 2.63. The number of pyridine rings is 1. The number of amides is 2. The van der Waals surface area contributed by atoms with Crippen molar-refractivity contribution in [1.82, 2.24) is 10.0 Å². The molecule has 0 bridgehead atoms. The van der Waals surface area contributed by atoms with Gasteiger partial charge >= 0.3 is 5.97 Å². The molecule has 1 aliphatic heterocycles. The van der Waals surface area contributed by atoms with Crippen LogP contribution in [-0.4, -0.2) is 33.4 Å². The lowest BCUT2D eigenvalue weighted by Crippen LogP contribution is -2.33. The number of hydrogen-bond donors (Lipinski definition) is 0. The van der Waals surface area contributed by atoms with E-state index in [1.54, 1.807) is 18.2 Å². The second-order valence-corrected chi connectivity index (χ2v) is 6.42. The van der Waals surface area contributed by atoms with Crippen molar-refractivity contribution >= 4 is 17.8 Å². The molecular weight excluding hydrogens is 324 g/mol. The van der Waals surface area contributed by atoms with Gasteiger partial charge in [0, 0.05) is 0 Å². The van der Waals surface area contributed by atoms with Crippen LogP contribution in [-0.2, 0) is 4.84 Å². The van der Waals surface area contributed by atoms with Gasteiger partial charge in [-0.1, -0.05) is 17.2 Å². The number of carbonyl (C=O) groups is 3. The zero-order chi connectivity index (χ0) is 18.2. The lowest BCUT2D eigenvalue weighted by Gasteiger charge is -2.20. The summed E-state index contributed by atoms with van der Waals surface area (Å²) in [6, 6.07) is 9.23. The average molecular weight is 340 g/mol. The fourth-order valence-corrected chi connectivity index (χ4v) is 2.29. The van der Waals surface area contributed by atoms with Gasteiger partial charge in [-0.3, -0.25) is 9.59 Å². The minimum atomic E-state index is -0.906. The molecule has 0 unspecified atom stereocenters. The van der Waals surface area contributed by atoms with Crippen LogP contribution in [0.15, 0.2) is 42.6 Å². The van der Waals surface area contributed by atoms with E-state index in [1.165, 1.54) is 24.4 Å². The Morgan fingerprint density at radius 1 is 1.00 bits per heavy atom. The van der Waals surface area contributed by atoms with E-state index >= 15 is 0 Å². The SMILES string of the molecule is CC(C)(C)Oc1ccc(C(=O)ON2C(=O)c3ccccc3C2=O)nc1. The van der Waals surface area contributed by atoms with Gasteiger partial charge in [0.05, 0.1) is 17.3 Å². The summed E-state index contributed by atoms with van der Waals surface area (Å²) in [6.45, 7) is 5.66. The second-order valence-electron chi connectivity index (χ2n) is 6.42. The fourth-order valence-electron chi connectivity index (χ4n) is 2.29. The normalized spacial score (nSPS) is 13.6. The first kappa shape index (κ1) is 16.6. The standard InChI is InChI=1S/C18H16N2O5/c1-18(2,3)24-11-8-9-14(19-10-11)17(23)25-20-15(21)12-6-4-5-7-13(12)16(20)22/h4-10H,1-3H3. The lowest BCUT2D eigenvalue weighted by molar-refractivity contribution is -0.0588. The minimum absolute atomic E-state index is 0.0437. The summed E-state index contributed by atoms with van der Waals surface area (Å²) in [6.07, 6.45) is 1.38. The van der Waals surface area contributed by atoms with Crippen molar-refractivity contribution in [1.29, 1.82) is 0 Å². The molecule has 3 rings (SSSR count). The van der Waals surface area contributed by atoms with Gasteiger partial charge in [-0.05, 0) is 45.0 Å². The minimum Gasteiger partial charge on any atom is -0.487 e. The van der Waals surface area contributed by atoms with Crippen LogP contribution in [0, 0.1) is 0 Å². The van der Waals surface area contributed by atoms with Crippen LogP contribution >= 0.6 is 0 Å². The van der Waals surface area contributed by atoms with Crippen LogP contribution < -0.4 is 4.74 Å². The van der Waals surface area contributed by atoms with E-state index < -0.39 is 23.4 Å². The Morgan fingerprint density at radius 2 is 1.60 bits per heavy atom. The molecule has 7 heteroatoms. The maximum Gasteiger partial charge on any atom is 0.382 e. The summed E-state index contributed by atoms with van der Waals surface area (Å²) in [7, 11) is 0. The number of nitrogens with zero attached hydrogens (tertiary/aromatic N) is 2. The van der Waals surface area contributed by atoms with Crippen molar-refractivity contribution in [2.24, 2.45) is 0 Å². The van der Waals surface area contributed by atoms with Crippen molar-refractivity contribution in [3.05, 3.63) is 59.4 Å². The van der Waals surface area contributed by atoms with Crippen molar-refractivity contribution in [2.45, 2.75) is 26.4 Å². The molecule has 0 N–H and O–H groups in total. The van der Waals surface area contributed by atoms with Crippen molar-refractivity contribution in [3.63, 3.8) is 0 Å². The third-order valence-corrected chi connectivity index (χ3v) is 3.30. The van der Waals surface area contributed by atoms with Crippen molar-refractivity contribution in [3.8, 4) is 5.75 Å². The van der Waals surface area contributed by atoms with Crippen LogP contribution in [0.1, 0.15) is 52.0 Å². The Hall–Kier alpha value is -3.22. The fraction of sp³-hybridized carbons (Fsp3) is 0.222. The largest absolute Gasteiger partial charge is 0.487 e. The quantitative estimate of drug-likeness (QED) is 0.799. The van der Waals surface area contributed by atoms with Gasteiger partial charge in [-0.15, -0.1) is 0 Å². The van der Waals surface area contributed by atoms with Gasteiger partial charge in [-0.25, -0.2) is 9.78 Å². The van der Waals surface area contributed by atoms with Crippen LogP contribution in [0.4, 0.5) is 0 Å². The van der Waals surface area contributed by atoms with E-state index in [-0.39, 0.29) is 16.8 Å². The summed E-state index contributed by atoms with van der Waals surface area (Å²) in [4.78, 5) is 45.4. The molecule has 0 saturated carbocycles. The van der Waals surface area contributed by atoms with Crippen molar-refractivity contribution < 1.29 is 24.0 Å². The highest BCUT2D eigenvalue weighted by molar-refractivity contribution is 6.21. The third kappa shape index (κ3) is 3.35. The Balaban J connectivity index is 1.73. The maximum atomic E-state index is 12.2. The summed E-state index contributed by atoms with van der Waals surface area (Å²) in [5, 5.41) is 0.453. The molecule has 0 spiro atoms. The molecule has 2 aromatic rings. The lowest BCUT2D eigenvalue weighted by atomic mass is 10.1. The molecule has 1 aromatic heterocycles. The predicted molar refractivity (Wildman–Crippen MR) is 87.0 cm³/mol. The number of hydroxylamine groups is 2. The molecule has 2 heterocycles. The van der Waals surface area contributed by atoms with E-state index in [0.717, 1.165) is 0 Å². The summed E-state index contributed by atoms with van der Waals surface area (Å²) in [5.74, 6) is -1.77. The highest BCUT2D eigenvalue weighted by Crippen LogP contribution is 2.23. The number of aromatic nitrogens is 1. The number of benzene rings is 1. The Bertz CT molecular complexity index is 818. The summed E-state index contributed by atoms with van der Waals surface area (Å²) < 4.78 is 5.61. The molecule has 0 saturated heterocycles. The zero-order valence-corrected chi connectivity index (χ0v) is 14.0. The first-order valence-corrected chi connectivity index (χ1v) is 7.61. The first-order chi connectivity index (χ1) is 11.8. The molecule has 0 radical (unpaired) electrons. The molecule has 128 valence electrons. The van der Waals surface area contributed by atoms with Crippen LogP contribution in [0.25, 0.3) is 0 Å². The van der Waals surface area contributed by atoms with Gasteiger partial charge in [-0.2, -0.15) is 0 Å². The first-order valence-electron chi connectivity index (χ1n) is 7.61. The van der Waals surface area contributed by atoms with Crippen LogP contribution in [0.2, 0.25) is 0 Å². The molecule has 1 aliphatic rings. The molecule has 7 nitrogen and oxygen atoms in total. The summed E-state index contributed by atoms with van der Waals surface area (Å²) >= 11 is 0. The Morgan fingerprint density at radius 3 is 2.08 bits per heavy atom. The smallest absolute Gasteiger partial charge is 0.382 e. The maximum absolute atomic E-state index is 12.2. The molecule has 1 aromatic carbocycles. The Kier molecular flexibility index (Phi) is 4.00. The molecule has 25 heavy (non-hydrogen) atoms. The van der Waals surface area contributed by atoms with Crippen LogP contribution in [0.3, 0.4) is 0 Å². The van der Waals surface area contributed by atoms with Gasteiger partial charge in [0.2, 0.25) is 0 Å². The molecule has 0 fully saturated rings. The summed E-state index contributed by atoms with van der Waals surface area (Å²) in [5.41, 5.74) is -0.0497. The van der Waals surface area contributed by atoms with E-state index in [9.17, 15) is 14.4 Å². The number of imide groups is 1. The van der Waals surface area contributed by atoms with Gasteiger partial charge in [0.15, 0.2) is 5.69 Å². The highest BCUT2D eigenvalue weighted by Gasteiger charge is 2.38. The van der Waals surface area contributed by atoms with E-state index in [0.29, 0.717) is 10.8 Å². The van der Waals surface area contributed by atoms with E-state index in [2.05, 4.69) is 4.98 Å². The topological polar surface area (TPSA) is 85.8 Å². The third-order valence-electron chi connectivity index (χ3n) is 3.30. The number of carbonyl (C=O) groups excluding carboxylic acids is 3. The molecular formula is C18H16N2O5.